The van der Waals surface area contributed by atoms with Crippen molar-refractivity contribution in [3.8, 4) is 5.75 Å². The Morgan fingerprint density at radius 1 is 1.25 bits per heavy atom. The van der Waals surface area contributed by atoms with Gasteiger partial charge in [0.25, 0.3) is 0 Å². The molecule has 2 N–H and O–H groups in total. The molecule has 0 saturated heterocycles. The van der Waals surface area contributed by atoms with Gasteiger partial charge in [0.15, 0.2) is 0 Å². The maximum Gasteiger partial charge on any atom is 0.122 e. The van der Waals surface area contributed by atoms with E-state index in [1.165, 1.54) is 5.56 Å². The van der Waals surface area contributed by atoms with Gasteiger partial charge in [-0.3, -0.25) is 0 Å². The maximum absolute atomic E-state index is 9.91. The van der Waals surface area contributed by atoms with Crippen LogP contribution in [-0.4, -0.2) is 30.9 Å². The summed E-state index contributed by atoms with van der Waals surface area (Å²) in [6.07, 6.45) is 0.618. The molecular formula is C17H29NO2. The molecule has 3 nitrogen and oxygen atoms in total. The van der Waals surface area contributed by atoms with Gasteiger partial charge in [0.1, 0.15) is 18.5 Å². The van der Waals surface area contributed by atoms with E-state index in [0.717, 1.165) is 24.3 Å². The highest BCUT2D eigenvalue weighted by Crippen LogP contribution is 2.19. The van der Waals surface area contributed by atoms with E-state index in [4.69, 9.17) is 4.74 Å². The van der Waals surface area contributed by atoms with Crippen LogP contribution in [0.4, 0.5) is 0 Å². The molecule has 114 valence electrons. The number of nitrogens with one attached hydrogen (secondary N) is 1. The number of benzene rings is 1. The minimum atomic E-state index is -0.477. The number of rotatable bonds is 7. The Bertz CT molecular complexity index is 410. The van der Waals surface area contributed by atoms with E-state index in [1.54, 1.807) is 0 Å². The average molecular weight is 279 g/mol. The first-order valence-electron chi connectivity index (χ1n) is 7.37. The van der Waals surface area contributed by atoms with Crippen molar-refractivity contribution in [2.75, 3.05) is 19.7 Å². The zero-order valence-electron chi connectivity index (χ0n) is 13.5. The molecule has 1 aromatic carbocycles. The molecule has 1 atom stereocenters. The minimum absolute atomic E-state index is 0.326. The number of hydrogen-bond donors (Lipinski definition) is 2. The predicted molar refractivity (Wildman–Crippen MR) is 84.4 cm³/mol. The molecule has 0 radical (unpaired) electrons. The summed E-state index contributed by atoms with van der Waals surface area (Å²) >= 11 is 0. The number of aliphatic hydroxyl groups is 1. The van der Waals surface area contributed by atoms with Crippen molar-refractivity contribution in [3.63, 3.8) is 0 Å². The molecule has 1 rings (SSSR count). The zero-order chi connectivity index (χ0) is 15.2. The largest absolute Gasteiger partial charge is 0.491 e. The van der Waals surface area contributed by atoms with E-state index in [9.17, 15) is 5.11 Å². The first kappa shape index (κ1) is 17.0. The van der Waals surface area contributed by atoms with Crippen molar-refractivity contribution in [2.45, 2.75) is 47.1 Å². The fourth-order valence-electron chi connectivity index (χ4n) is 1.84. The molecule has 0 spiro atoms. The van der Waals surface area contributed by atoms with Gasteiger partial charge in [0.2, 0.25) is 0 Å². The van der Waals surface area contributed by atoms with E-state index in [2.05, 4.69) is 32.2 Å². The van der Waals surface area contributed by atoms with Gasteiger partial charge in [-0.15, -0.1) is 0 Å². The topological polar surface area (TPSA) is 41.5 Å². The second-order valence-electron chi connectivity index (χ2n) is 6.75. The summed E-state index contributed by atoms with van der Waals surface area (Å²) in [4.78, 5) is 0. The Hall–Kier alpha value is -1.06. The minimum Gasteiger partial charge on any atom is -0.491 e. The van der Waals surface area contributed by atoms with Crippen molar-refractivity contribution in [3.05, 3.63) is 29.3 Å². The van der Waals surface area contributed by atoms with Crippen molar-refractivity contribution in [2.24, 2.45) is 5.41 Å². The Kier molecular flexibility index (Phi) is 6.50. The molecule has 1 unspecified atom stereocenters. The molecule has 0 fully saturated rings. The monoisotopic (exact) mass is 279 g/mol. The first-order chi connectivity index (χ1) is 9.28. The molecule has 0 aliphatic carbocycles. The Morgan fingerprint density at radius 2 is 1.95 bits per heavy atom. The number of hydrogen-bond acceptors (Lipinski definition) is 3. The molecule has 1 aromatic rings. The van der Waals surface area contributed by atoms with Crippen LogP contribution in [0.1, 0.15) is 38.3 Å². The van der Waals surface area contributed by atoms with Crippen molar-refractivity contribution in [1.82, 2.24) is 5.32 Å². The van der Waals surface area contributed by atoms with Crippen LogP contribution in [0.25, 0.3) is 0 Å². The van der Waals surface area contributed by atoms with Crippen molar-refractivity contribution in [1.29, 1.82) is 0 Å². The Labute approximate surface area is 123 Å². The summed E-state index contributed by atoms with van der Waals surface area (Å²) in [5.41, 5.74) is 2.60. The highest BCUT2D eigenvalue weighted by Gasteiger charge is 2.10. The Morgan fingerprint density at radius 3 is 2.60 bits per heavy atom. The highest BCUT2D eigenvalue weighted by atomic mass is 16.5. The second-order valence-corrected chi connectivity index (χ2v) is 6.75. The molecule has 0 aromatic heterocycles. The molecule has 20 heavy (non-hydrogen) atoms. The molecule has 0 saturated carbocycles. The van der Waals surface area contributed by atoms with Crippen LogP contribution in [0.5, 0.6) is 5.75 Å². The second kappa shape index (κ2) is 7.65. The molecule has 0 bridgehead atoms. The predicted octanol–water partition coefficient (Wildman–Crippen LogP) is 3.07. The smallest absolute Gasteiger partial charge is 0.122 e. The van der Waals surface area contributed by atoms with Crippen LogP contribution in [0.15, 0.2) is 18.2 Å². The highest BCUT2D eigenvalue weighted by molar-refractivity contribution is 5.35. The zero-order valence-corrected chi connectivity index (χ0v) is 13.5. The third-order valence-electron chi connectivity index (χ3n) is 3.21. The van der Waals surface area contributed by atoms with Crippen molar-refractivity contribution < 1.29 is 9.84 Å². The Balaban J connectivity index is 2.26. The van der Waals surface area contributed by atoms with Gasteiger partial charge in [0, 0.05) is 6.54 Å². The van der Waals surface area contributed by atoms with Crippen LogP contribution in [0.3, 0.4) is 0 Å². The van der Waals surface area contributed by atoms with Crippen molar-refractivity contribution >= 4 is 0 Å². The molecule has 0 amide bonds. The molecule has 0 aliphatic rings. The van der Waals surface area contributed by atoms with E-state index in [1.807, 2.05) is 26.0 Å². The van der Waals surface area contributed by atoms with Crippen LogP contribution in [0.2, 0.25) is 0 Å². The quantitative estimate of drug-likeness (QED) is 0.754. The van der Waals surface area contributed by atoms with Gasteiger partial charge in [0.05, 0.1) is 0 Å². The lowest BCUT2D eigenvalue weighted by molar-refractivity contribution is 0.105. The fourth-order valence-corrected chi connectivity index (χ4v) is 1.84. The molecular weight excluding hydrogens is 250 g/mol. The van der Waals surface area contributed by atoms with Crippen LogP contribution in [0, 0.1) is 19.3 Å². The van der Waals surface area contributed by atoms with Gasteiger partial charge < -0.3 is 15.2 Å². The fraction of sp³-hybridized carbons (Fsp3) is 0.647. The van der Waals surface area contributed by atoms with Crippen LogP contribution < -0.4 is 10.1 Å². The molecule has 0 aliphatic heterocycles. The molecule has 0 heterocycles. The third kappa shape index (κ3) is 6.92. The lowest BCUT2D eigenvalue weighted by atomic mass is 9.92. The van der Waals surface area contributed by atoms with Gasteiger partial charge in [-0.2, -0.15) is 0 Å². The van der Waals surface area contributed by atoms with Gasteiger partial charge in [-0.25, -0.2) is 0 Å². The molecule has 3 heteroatoms. The standard InChI is InChI=1S/C17H29NO2/c1-13-6-7-14(2)16(10-13)20-12-15(19)11-18-9-8-17(3,4)5/h6-7,10,15,18-19H,8-9,11-12H2,1-5H3. The summed E-state index contributed by atoms with van der Waals surface area (Å²) in [5.74, 6) is 0.860. The van der Waals surface area contributed by atoms with E-state index < -0.39 is 6.10 Å². The van der Waals surface area contributed by atoms with E-state index in [-0.39, 0.29) is 0 Å². The summed E-state index contributed by atoms with van der Waals surface area (Å²) in [7, 11) is 0. The van der Waals surface area contributed by atoms with Crippen LogP contribution in [-0.2, 0) is 0 Å². The van der Waals surface area contributed by atoms with Gasteiger partial charge in [-0.05, 0) is 49.4 Å². The number of aryl methyl sites for hydroxylation is 2. The van der Waals surface area contributed by atoms with Crippen LogP contribution >= 0.6 is 0 Å². The SMILES string of the molecule is Cc1ccc(C)c(OCC(O)CNCCC(C)(C)C)c1. The summed E-state index contributed by atoms with van der Waals surface area (Å²) in [5, 5.41) is 13.2. The van der Waals surface area contributed by atoms with Gasteiger partial charge >= 0.3 is 0 Å². The number of aliphatic hydroxyl groups excluding tert-OH is 1. The lowest BCUT2D eigenvalue weighted by Gasteiger charge is -2.19. The summed E-state index contributed by atoms with van der Waals surface area (Å²) < 4.78 is 5.69. The normalized spacial score (nSPS) is 13.3. The number of ether oxygens (including phenoxy) is 1. The van der Waals surface area contributed by atoms with E-state index in [0.29, 0.717) is 18.6 Å². The maximum atomic E-state index is 9.91. The average Bonchev–Trinajstić information content (AvgIpc) is 2.34. The van der Waals surface area contributed by atoms with E-state index >= 15 is 0 Å². The lowest BCUT2D eigenvalue weighted by Crippen LogP contribution is -2.33. The summed E-state index contributed by atoms with van der Waals surface area (Å²) in [6.45, 7) is 12.5. The van der Waals surface area contributed by atoms with Gasteiger partial charge in [-0.1, -0.05) is 32.9 Å². The summed E-state index contributed by atoms with van der Waals surface area (Å²) in [6, 6.07) is 6.11. The third-order valence-corrected chi connectivity index (χ3v) is 3.21. The first-order valence-corrected chi connectivity index (χ1v) is 7.37.